The topological polar surface area (TPSA) is 103 Å². The van der Waals surface area contributed by atoms with Gasteiger partial charge in [-0.05, 0) is 20.3 Å². The minimum Gasteiger partial charge on any atom is -0.385 e. The average molecular weight is 357 g/mol. The van der Waals surface area contributed by atoms with Gasteiger partial charge in [0.1, 0.15) is 0 Å². The molecule has 1 atom stereocenters. The SMILES string of the molecule is CCNC(=O)NC(=O)[C@@H](C)N1CCN(CC(=O)NCCCOC)CC1. The number of piperazine rings is 1. The molecule has 9 heteroatoms. The van der Waals surface area contributed by atoms with E-state index in [0.717, 1.165) is 6.42 Å². The normalized spacial score (nSPS) is 16.9. The molecule has 0 spiro atoms. The molecule has 0 aromatic heterocycles. The van der Waals surface area contributed by atoms with Crippen LogP contribution in [-0.2, 0) is 14.3 Å². The fourth-order valence-corrected chi connectivity index (χ4v) is 2.60. The molecule has 0 aliphatic carbocycles. The van der Waals surface area contributed by atoms with Crippen LogP contribution >= 0.6 is 0 Å². The van der Waals surface area contributed by atoms with Gasteiger partial charge in [-0.15, -0.1) is 0 Å². The largest absolute Gasteiger partial charge is 0.385 e. The van der Waals surface area contributed by atoms with Crippen LogP contribution in [0.25, 0.3) is 0 Å². The van der Waals surface area contributed by atoms with E-state index in [1.807, 2.05) is 4.90 Å². The van der Waals surface area contributed by atoms with Crippen LogP contribution < -0.4 is 16.0 Å². The first-order chi connectivity index (χ1) is 12.0. The van der Waals surface area contributed by atoms with Gasteiger partial charge >= 0.3 is 6.03 Å². The fraction of sp³-hybridized carbons (Fsp3) is 0.812. The van der Waals surface area contributed by atoms with E-state index in [9.17, 15) is 14.4 Å². The van der Waals surface area contributed by atoms with Gasteiger partial charge in [-0.1, -0.05) is 0 Å². The summed E-state index contributed by atoms with van der Waals surface area (Å²) < 4.78 is 4.94. The molecular weight excluding hydrogens is 326 g/mol. The summed E-state index contributed by atoms with van der Waals surface area (Å²) in [5, 5.41) is 7.74. The van der Waals surface area contributed by atoms with Crippen molar-refractivity contribution in [2.24, 2.45) is 0 Å². The van der Waals surface area contributed by atoms with Crippen molar-refractivity contribution < 1.29 is 19.1 Å². The molecule has 0 aromatic rings. The van der Waals surface area contributed by atoms with Crippen LogP contribution in [0.2, 0.25) is 0 Å². The van der Waals surface area contributed by atoms with E-state index in [0.29, 0.717) is 52.4 Å². The van der Waals surface area contributed by atoms with Gasteiger partial charge in [-0.3, -0.25) is 24.7 Å². The molecule has 1 heterocycles. The Bertz CT molecular complexity index is 438. The molecule has 3 N–H and O–H groups in total. The lowest BCUT2D eigenvalue weighted by atomic mass is 10.2. The number of nitrogens with one attached hydrogen (secondary N) is 3. The standard InChI is InChI=1S/C16H31N5O4/c1-4-17-16(24)19-15(23)13(2)21-9-7-20(8-10-21)12-14(22)18-6-5-11-25-3/h13H,4-12H2,1-3H3,(H,18,22)(H2,17,19,23,24)/t13-/m1/s1. The van der Waals surface area contributed by atoms with Gasteiger partial charge in [0, 0.05) is 53.0 Å². The fourth-order valence-electron chi connectivity index (χ4n) is 2.60. The Morgan fingerprint density at radius 1 is 1.12 bits per heavy atom. The van der Waals surface area contributed by atoms with E-state index in [-0.39, 0.29) is 17.9 Å². The lowest BCUT2D eigenvalue weighted by Gasteiger charge is -2.36. The highest BCUT2D eigenvalue weighted by Gasteiger charge is 2.27. The first-order valence-electron chi connectivity index (χ1n) is 8.78. The van der Waals surface area contributed by atoms with Gasteiger partial charge in [-0.2, -0.15) is 0 Å². The summed E-state index contributed by atoms with van der Waals surface area (Å²) in [7, 11) is 1.64. The van der Waals surface area contributed by atoms with Crippen molar-refractivity contribution in [3.63, 3.8) is 0 Å². The quantitative estimate of drug-likeness (QED) is 0.457. The molecule has 1 aliphatic heterocycles. The maximum absolute atomic E-state index is 12.1. The number of hydrogen-bond donors (Lipinski definition) is 3. The maximum Gasteiger partial charge on any atom is 0.321 e. The molecular formula is C16H31N5O4. The lowest BCUT2D eigenvalue weighted by Crippen LogP contribution is -2.56. The van der Waals surface area contributed by atoms with Crippen LogP contribution in [0.3, 0.4) is 0 Å². The third kappa shape index (κ3) is 8.28. The molecule has 0 saturated carbocycles. The summed E-state index contributed by atoms with van der Waals surface area (Å²) in [5.41, 5.74) is 0. The van der Waals surface area contributed by atoms with Gasteiger partial charge in [0.05, 0.1) is 12.6 Å². The lowest BCUT2D eigenvalue weighted by molar-refractivity contribution is -0.127. The first kappa shape index (κ1) is 21.3. The minimum atomic E-state index is -0.469. The third-order valence-corrected chi connectivity index (χ3v) is 4.12. The highest BCUT2D eigenvalue weighted by molar-refractivity contribution is 5.96. The summed E-state index contributed by atoms with van der Waals surface area (Å²) >= 11 is 0. The number of amides is 4. The predicted molar refractivity (Wildman–Crippen MR) is 94.2 cm³/mol. The first-order valence-corrected chi connectivity index (χ1v) is 8.78. The molecule has 1 aliphatic rings. The van der Waals surface area contributed by atoms with Crippen LogP contribution in [0.1, 0.15) is 20.3 Å². The zero-order chi connectivity index (χ0) is 18.7. The Kier molecular flexibility index (Phi) is 10.0. The van der Waals surface area contributed by atoms with Gasteiger partial charge in [-0.25, -0.2) is 4.79 Å². The van der Waals surface area contributed by atoms with E-state index < -0.39 is 6.03 Å². The smallest absolute Gasteiger partial charge is 0.321 e. The summed E-state index contributed by atoms with van der Waals surface area (Å²) in [6.45, 7) is 8.45. The van der Waals surface area contributed by atoms with Crippen molar-refractivity contribution in [2.45, 2.75) is 26.3 Å². The van der Waals surface area contributed by atoms with Crippen molar-refractivity contribution >= 4 is 17.8 Å². The van der Waals surface area contributed by atoms with Gasteiger partial charge < -0.3 is 15.4 Å². The molecule has 4 amide bonds. The number of methoxy groups -OCH3 is 1. The van der Waals surface area contributed by atoms with E-state index in [4.69, 9.17) is 4.74 Å². The number of imide groups is 1. The van der Waals surface area contributed by atoms with Crippen LogP contribution in [0.5, 0.6) is 0 Å². The molecule has 1 rings (SSSR count). The number of ether oxygens (including phenoxy) is 1. The Balaban J connectivity index is 2.27. The highest BCUT2D eigenvalue weighted by atomic mass is 16.5. The van der Waals surface area contributed by atoms with Crippen LogP contribution in [0.4, 0.5) is 4.79 Å². The summed E-state index contributed by atoms with van der Waals surface area (Å²) in [4.78, 5) is 39.4. The molecule has 0 bridgehead atoms. The molecule has 25 heavy (non-hydrogen) atoms. The Morgan fingerprint density at radius 3 is 2.40 bits per heavy atom. The zero-order valence-corrected chi connectivity index (χ0v) is 15.5. The average Bonchev–Trinajstić information content (AvgIpc) is 2.59. The number of urea groups is 1. The van der Waals surface area contributed by atoms with Gasteiger partial charge in [0.2, 0.25) is 11.8 Å². The van der Waals surface area contributed by atoms with Crippen LogP contribution in [0, 0.1) is 0 Å². The Hall–Kier alpha value is -1.71. The van der Waals surface area contributed by atoms with Crippen molar-refractivity contribution in [3.8, 4) is 0 Å². The summed E-state index contributed by atoms with van der Waals surface area (Å²) in [5.74, 6) is -0.304. The number of carbonyl (C=O) groups is 3. The van der Waals surface area contributed by atoms with Crippen molar-refractivity contribution in [3.05, 3.63) is 0 Å². The third-order valence-electron chi connectivity index (χ3n) is 4.12. The molecule has 0 aromatic carbocycles. The zero-order valence-electron chi connectivity index (χ0n) is 15.5. The van der Waals surface area contributed by atoms with E-state index >= 15 is 0 Å². The maximum atomic E-state index is 12.1. The molecule has 1 fully saturated rings. The predicted octanol–water partition coefficient (Wildman–Crippen LogP) is -1.01. The second kappa shape index (κ2) is 11.8. The van der Waals surface area contributed by atoms with Crippen molar-refractivity contribution in [1.82, 2.24) is 25.8 Å². The van der Waals surface area contributed by atoms with Crippen LogP contribution in [-0.4, -0.2) is 93.2 Å². The summed E-state index contributed by atoms with van der Waals surface area (Å²) in [6, 6.07) is -0.851. The molecule has 1 saturated heterocycles. The van der Waals surface area contributed by atoms with E-state index in [1.54, 1.807) is 21.0 Å². The molecule has 0 unspecified atom stereocenters. The summed E-state index contributed by atoms with van der Waals surface area (Å²) in [6.07, 6.45) is 0.800. The molecule has 0 radical (unpaired) electrons. The van der Waals surface area contributed by atoms with Crippen molar-refractivity contribution in [2.75, 3.05) is 59.5 Å². The minimum absolute atomic E-state index is 0.00609. The highest BCUT2D eigenvalue weighted by Crippen LogP contribution is 2.06. The Labute approximate surface area is 149 Å². The Morgan fingerprint density at radius 2 is 1.80 bits per heavy atom. The van der Waals surface area contributed by atoms with E-state index in [2.05, 4.69) is 20.9 Å². The molecule has 9 nitrogen and oxygen atoms in total. The van der Waals surface area contributed by atoms with Crippen LogP contribution in [0.15, 0.2) is 0 Å². The molecule has 144 valence electrons. The monoisotopic (exact) mass is 357 g/mol. The second-order valence-electron chi connectivity index (χ2n) is 6.03. The van der Waals surface area contributed by atoms with Gasteiger partial charge in [0.25, 0.3) is 0 Å². The number of carbonyl (C=O) groups excluding carboxylic acids is 3. The number of nitrogens with zero attached hydrogens (tertiary/aromatic N) is 2. The van der Waals surface area contributed by atoms with Crippen molar-refractivity contribution in [1.29, 1.82) is 0 Å². The van der Waals surface area contributed by atoms with E-state index in [1.165, 1.54) is 0 Å². The number of rotatable bonds is 9. The number of hydrogen-bond acceptors (Lipinski definition) is 6. The second-order valence-corrected chi connectivity index (χ2v) is 6.03. The van der Waals surface area contributed by atoms with Gasteiger partial charge in [0.15, 0.2) is 0 Å².